The molecule has 4 aromatic rings. The number of benzene rings is 1. The lowest BCUT2D eigenvalue weighted by atomic mass is 9.96. The molecule has 35 heavy (non-hydrogen) atoms. The van der Waals surface area contributed by atoms with E-state index in [0.29, 0.717) is 23.3 Å². The van der Waals surface area contributed by atoms with Crippen molar-refractivity contribution in [1.82, 2.24) is 29.3 Å². The average Bonchev–Trinajstić information content (AvgIpc) is 3.40. The molecule has 5 rings (SSSR count). The summed E-state index contributed by atoms with van der Waals surface area (Å²) < 4.78 is 19.3. The van der Waals surface area contributed by atoms with Crippen LogP contribution in [-0.4, -0.2) is 59.7 Å². The molecule has 0 unspecified atom stereocenters. The van der Waals surface area contributed by atoms with Crippen molar-refractivity contribution in [2.45, 2.75) is 26.3 Å². The number of nitrogens with zero attached hydrogens (tertiary/aromatic N) is 7. The molecule has 10 nitrogen and oxygen atoms in total. The predicted octanol–water partition coefficient (Wildman–Crippen LogP) is 2.49. The number of rotatable bonds is 3. The van der Waals surface area contributed by atoms with Gasteiger partial charge in [0, 0.05) is 49.9 Å². The van der Waals surface area contributed by atoms with E-state index in [2.05, 4.69) is 15.2 Å². The Morgan fingerprint density at radius 3 is 2.63 bits per heavy atom. The summed E-state index contributed by atoms with van der Waals surface area (Å²) in [7, 11) is 1.80. The van der Waals surface area contributed by atoms with Crippen LogP contribution in [0.25, 0.3) is 27.9 Å². The zero-order valence-electron chi connectivity index (χ0n) is 19.9. The third kappa shape index (κ3) is 3.42. The van der Waals surface area contributed by atoms with Gasteiger partial charge in [0.15, 0.2) is 11.6 Å². The lowest BCUT2D eigenvalue weighted by Gasteiger charge is -2.45. The number of aromatic nitrogens is 5. The van der Waals surface area contributed by atoms with Gasteiger partial charge in [0.1, 0.15) is 17.4 Å². The maximum absolute atomic E-state index is 16.1. The second-order valence-corrected chi connectivity index (χ2v) is 9.08. The quantitative estimate of drug-likeness (QED) is 0.486. The zero-order chi connectivity index (χ0) is 25.1. The molecule has 2 amide bonds. The maximum atomic E-state index is 16.1. The first-order valence-electron chi connectivity index (χ1n) is 11.1. The Balaban J connectivity index is 1.65. The standard InChI is InChI=1S/C24H25FN8O2/c1-14(34)32-9-8-31(23(35)24(32,2)3)18-7-5-6-16(20(18)25)19-10-17(15-11-28-30(4)12-15)21-22(26)27-13-29-33(19)21/h5-7,10-13H,8-9H2,1-4H3,(H2,26,27,29). The predicted molar refractivity (Wildman–Crippen MR) is 129 cm³/mol. The first-order valence-corrected chi connectivity index (χ1v) is 11.1. The number of nitrogens with two attached hydrogens (primary N) is 1. The molecule has 0 saturated carbocycles. The average molecular weight is 477 g/mol. The van der Waals surface area contributed by atoms with E-state index in [4.69, 9.17) is 5.73 Å². The van der Waals surface area contributed by atoms with E-state index < -0.39 is 11.4 Å². The fourth-order valence-electron chi connectivity index (χ4n) is 4.77. The van der Waals surface area contributed by atoms with E-state index >= 15 is 4.39 Å². The molecule has 1 aliphatic rings. The Hall–Kier alpha value is -4.28. The second-order valence-electron chi connectivity index (χ2n) is 9.08. The summed E-state index contributed by atoms with van der Waals surface area (Å²) in [6.07, 6.45) is 4.83. The van der Waals surface area contributed by atoms with Gasteiger partial charge >= 0.3 is 0 Å². The van der Waals surface area contributed by atoms with Crippen LogP contribution in [0.2, 0.25) is 0 Å². The first kappa shape index (κ1) is 22.5. The number of aryl methyl sites for hydroxylation is 1. The molecule has 4 heterocycles. The second kappa shape index (κ2) is 7.90. The van der Waals surface area contributed by atoms with E-state index in [1.54, 1.807) is 60.6 Å². The van der Waals surface area contributed by atoms with Gasteiger partial charge in [-0.25, -0.2) is 13.9 Å². The molecule has 1 aromatic carbocycles. The highest BCUT2D eigenvalue weighted by Crippen LogP contribution is 2.38. The number of piperazine rings is 1. The monoisotopic (exact) mass is 476 g/mol. The van der Waals surface area contributed by atoms with Crippen molar-refractivity contribution in [2.75, 3.05) is 23.7 Å². The topological polar surface area (TPSA) is 115 Å². The number of carbonyl (C=O) groups excluding carboxylic acids is 2. The van der Waals surface area contributed by atoms with Crippen LogP contribution >= 0.6 is 0 Å². The Morgan fingerprint density at radius 2 is 1.94 bits per heavy atom. The molecule has 2 N–H and O–H groups in total. The molecule has 11 heteroatoms. The van der Waals surface area contributed by atoms with Crippen LogP contribution in [0.5, 0.6) is 0 Å². The van der Waals surface area contributed by atoms with Crippen molar-refractivity contribution >= 4 is 28.8 Å². The SMILES string of the molecule is CC(=O)N1CCN(c2cccc(-c3cc(-c4cnn(C)c4)c4c(N)ncnn34)c2F)C(=O)C1(C)C. The third-order valence-electron chi connectivity index (χ3n) is 6.51. The summed E-state index contributed by atoms with van der Waals surface area (Å²) in [6, 6.07) is 6.68. The van der Waals surface area contributed by atoms with Gasteiger partial charge in [-0.15, -0.1) is 0 Å². The molecular formula is C24H25FN8O2. The number of fused-ring (bicyclic) bond motifs is 1. The summed E-state index contributed by atoms with van der Waals surface area (Å²) in [5.74, 6) is -0.865. The van der Waals surface area contributed by atoms with Crippen LogP contribution in [-0.2, 0) is 16.6 Å². The summed E-state index contributed by atoms with van der Waals surface area (Å²) in [6.45, 7) is 5.26. The van der Waals surface area contributed by atoms with Gasteiger partial charge in [0.2, 0.25) is 5.91 Å². The van der Waals surface area contributed by atoms with Crippen LogP contribution in [0.15, 0.2) is 43.0 Å². The van der Waals surface area contributed by atoms with E-state index in [-0.39, 0.29) is 35.4 Å². The molecule has 180 valence electrons. The van der Waals surface area contributed by atoms with E-state index in [1.807, 2.05) is 6.20 Å². The molecule has 0 atom stereocenters. The Kier molecular flexibility index (Phi) is 5.08. The maximum Gasteiger partial charge on any atom is 0.252 e. The van der Waals surface area contributed by atoms with Crippen LogP contribution < -0.4 is 10.6 Å². The van der Waals surface area contributed by atoms with E-state index in [0.717, 1.165) is 5.56 Å². The Bertz CT molecular complexity index is 1490. The van der Waals surface area contributed by atoms with Gasteiger partial charge < -0.3 is 15.5 Å². The third-order valence-corrected chi connectivity index (χ3v) is 6.51. The molecule has 3 aromatic heterocycles. The molecular weight excluding hydrogens is 451 g/mol. The number of nitrogen functional groups attached to an aromatic ring is 1. The van der Waals surface area contributed by atoms with Crippen LogP contribution in [0.4, 0.5) is 15.9 Å². The number of hydrogen-bond acceptors (Lipinski definition) is 6. The van der Waals surface area contributed by atoms with Gasteiger partial charge in [-0.05, 0) is 32.0 Å². The first-order chi connectivity index (χ1) is 16.6. The minimum atomic E-state index is -1.09. The van der Waals surface area contributed by atoms with Gasteiger partial charge in [-0.2, -0.15) is 10.2 Å². The fourth-order valence-corrected chi connectivity index (χ4v) is 4.77. The van der Waals surface area contributed by atoms with Gasteiger partial charge in [0.05, 0.1) is 17.6 Å². The van der Waals surface area contributed by atoms with Crippen molar-refractivity contribution in [2.24, 2.45) is 7.05 Å². The highest BCUT2D eigenvalue weighted by atomic mass is 19.1. The molecule has 0 aliphatic carbocycles. The zero-order valence-corrected chi connectivity index (χ0v) is 19.9. The minimum Gasteiger partial charge on any atom is -0.382 e. The molecule has 1 aliphatic heterocycles. The minimum absolute atomic E-state index is 0.142. The molecule has 0 bridgehead atoms. The lowest BCUT2D eigenvalue weighted by molar-refractivity contribution is -0.145. The number of halogens is 1. The molecule has 1 saturated heterocycles. The van der Waals surface area contributed by atoms with Gasteiger partial charge in [0.25, 0.3) is 5.91 Å². The van der Waals surface area contributed by atoms with Crippen molar-refractivity contribution < 1.29 is 14.0 Å². The lowest BCUT2D eigenvalue weighted by Crippen LogP contribution is -2.64. The summed E-state index contributed by atoms with van der Waals surface area (Å²) in [5.41, 5.74) is 7.98. The van der Waals surface area contributed by atoms with E-state index in [1.165, 1.54) is 23.1 Å². The number of amides is 2. The molecule has 1 fully saturated rings. The summed E-state index contributed by atoms with van der Waals surface area (Å²) in [5, 5.41) is 8.55. The summed E-state index contributed by atoms with van der Waals surface area (Å²) in [4.78, 5) is 32.4. The van der Waals surface area contributed by atoms with Crippen LogP contribution in [0.3, 0.4) is 0 Å². The van der Waals surface area contributed by atoms with Crippen LogP contribution in [0.1, 0.15) is 20.8 Å². The highest BCUT2D eigenvalue weighted by molar-refractivity contribution is 6.03. The van der Waals surface area contributed by atoms with Crippen molar-refractivity contribution in [3.8, 4) is 22.4 Å². The number of carbonyl (C=O) groups is 2. The highest BCUT2D eigenvalue weighted by Gasteiger charge is 2.44. The van der Waals surface area contributed by atoms with Crippen molar-refractivity contribution in [3.05, 3.63) is 48.8 Å². The van der Waals surface area contributed by atoms with Gasteiger partial charge in [-0.1, -0.05) is 6.07 Å². The Labute approximate surface area is 200 Å². The molecule has 0 radical (unpaired) electrons. The van der Waals surface area contributed by atoms with E-state index in [9.17, 15) is 9.59 Å². The summed E-state index contributed by atoms with van der Waals surface area (Å²) >= 11 is 0. The normalized spacial score (nSPS) is 15.7. The number of anilines is 2. The van der Waals surface area contributed by atoms with Crippen molar-refractivity contribution in [3.63, 3.8) is 0 Å². The molecule has 0 spiro atoms. The smallest absolute Gasteiger partial charge is 0.252 e. The van der Waals surface area contributed by atoms with Gasteiger partial charge in [-0.3, -0.25) is 14.3 Å². The van der Waals surface area contributed by atoms with Crippen molar-refractivity contribution in [1.29, 1.82) is 0 Å². The number of hydrogen-bond donors (Lipinski definition) is 1. The largest absolute Gasteiger partial charge is 0.382 e. The Morgan fingerprint density at radius 1 is 1.17 bits per heavy atom. The fraction of sp³-hybridized carbons (Fsp3) is 0.292. The van der Waals surface area contributed by atoms with Crippen LogP contribution in [0, 0.1) is 5.82 Å².